The van der Waals surface area contributed by atoms with Crippen LogP contribution in [-0.2, 0) is 11.2 Å². The quantitative estimate of drug-likeness (QED) is 0.833. The van der Waals surface area contributed by atoms with Gasteiger partial charge in [-0.3, -0.25) is 4.79 Å². The molecule has 2 nitrogen and oxygen atoms in total. The summed E-state index contributed by atoms with van der Waals surface area (Å²) in [6.45, 7) is 0. The molecule has 0 heterocycles. The molecule has 0 aliphatic rings. The van der Waals surface area contributed by atoms with Crippen molar-refractivity contribution < 1.29 is 9.53 Å². The number of rotatable bonds is 4. The minimum atomic E-state index is -0.137. The zero-order valence-corrected chi connectivity index (χ0v) is 10.1. The Labute approximate surface area is 106 Å². The molecule has 0 fully saturated rings. The Morgan fingerprint density at radius 1 is 0.941 bits per heavy atom. The van der Waals surface area contributed by atoms with Crippen LogP contribution in [0.5, 0.6) is 11.5 Å². The van der Waals surface area contributed by atoms with Gasteiger partial charge in [-0.1, -0.05) is 30.3 Å². The predicted octanol–water partition coefficient (Wildman–Crippen LogP) is 3.48. The molecule has 17 heavy (non-hydrogen) atoms. The van der Waals surface area contributed by atoms with Gasteiger partial charge in [0.2, 0.25) is 0 Å². The van der Waals surface area contributed by atoms with E-state index in [0.717, 1.165) is 17.1 Å². The molecule has 0 unspecified atom stereocenters. The topological polar surface area (TPSA) is 26.3 Å². The molecule has 0 aromatic heterocycles. The van der Waals surface area contributed by atoms with Crippen LogP contribution in [0.3, 0.4) is 0 Å². The number of benzene rings is 2. The Morgan fingerprint density at radius 3 is 2.12 bits per heavy atom. The van der Waals surface area contributed by atoms with Crippen molar-refractivity contribution in [3.8, 4) is 11.5 Å². The molecule has 0 aliphatic carbocycles. The number of hydrogen-bond donors (Lipinski definition) is 1. The second-order valence-electron chi connectivity index (χ2n) is 3.63. The summed E-state index contributed by atoms with van der Waals surface area (Å²) in [5.74, 6) is 1.55. The van der Waals surface area contributed by atoms with E-state index in [-0.39, 0.29) is 5.12 Å². The minimum absolute atomic E-state index is 0.137. The van der Waals surface area contributed by atoms with E-state index in [9.17, 15) is 4.79 Å². The second kappa shape index (κ2) is 5.55. The average Bonchev–Trinajstić information content (AvgIpc) is 2.32. The highest BCUT2D eigenvalue weighted by Gasteiger charge is 2.00. The van der Waals surface area contributed by atoms with Crippen LogP contribution in [0.15, 0.2) is 54.6 Å². The molecule has 0 aliphatic heterocycles. The van der Waals surface area contributed by atoms with Gasteiger partial charge in [0.15, 0.2) is 5.12 Å². The van der Waals surface area contributed by atoms with Crippen LogP contribution in [0.2, 0.25) is 0 Å². The Morgan fingerprint density at radius 2 is 1.53 bits per heavy atom. The summed E-state index contributed by atoms with van der Waals surface area (Å²) in [4.78, 5) is 10.8. The summed E-state index contributed by atoms with van der Waals surface area (Å²) in [5.41, 5.74) is 0.936. The Bertz CT molecular complexity index is 491. The average molecular weight is 244 g/mol. The van der Waals surface area contributed by atoms with Gasteiger partial charge in [0.25, 0.3) is 0 Å². The number of thiol groups is 1. The molecule has 2 rings (SSSR count). The zero-order chi connectivity index (χ0) is 12.1. The fraction of sp³-hybridized carbons (Fsp3) is 0.0714. The normalized spacial score (nSPS) is 9.94. The molecule has 2 aromatic rings. The second-order valence-corrected chi connectivity index (χ2v) is 4.13. The first kappa shape index (κ1) is 11.7. The SMILES string of the molecule is O=C(S)Cc1ccc(Oc2ccccc2)cc1. The largest absolute Gasteiger partial charge is 0.457 e. The predicted molar refractivity (Wildman–Crippen MR) is 70.7 cm³/mol. The van der Waals surface area contributed by atoms with Crippen LogP contribution in [-0.4, -0.2) is 5.12 Å². The summed E-state index contributed by atoms with van der Waals surface area (Å²) in [5, 5.41) is -0.137. The van der Waals surface area contributed by atoms with Crippen LogP contribution in [0, 0.1) is 0 Å². The monoisotopic (exact) mass is 244 g/mol. The highest BCUT2D eigenvalue weighted by molar-refractivity contribution is 7.96. The Balaban J connectivity index is 2.06. The van der Waals surface area contributed by atoms with E-state index in [1.165, 1.54) is 0 Å². The third kappa shape index (κ3) is 3.64. The van der Waals surface area contributed by atoms with Crippen LogP contribution in [0.1, 0.15) is 5.56 Å². The first-order valence-corrected chi connectivity index (χ1v) is 5.72. The van der Waals surface area contributed by atoms with Crippen molar-refractivity contribution in [2.24, 2.45) is 0 Å². The third-order valence-electron chi connectivity index (χ3n) is 2.26. The van der Waals surface area contributed by atoms with Gasteiger partial charge in [-0.25, -0.2) is 0 Å². The standard InChI is InChI=1S/C14H12O2S/c15-14(17)10-11-6-8-13(9-7-11)16-12-4-2-1-3-5-12/h1-9H,10H2,(H,15,17). The third-order valence-corrected chi connectivity index (χ3v) is 2.42. The van der Waals surface area contributed by atoms with E-state index in [0.29, 0.717) is 6.42 Å². The van der Waals surface area contributed by atoms with Crippen molar-refractivity contribution in [1.29, 1.82) is 0 Å². The van der Waals surface area contributed by atoms with Crippen LogP contribution < -0.4 is 4.74 Å². The van der Waals surface area contributed by atoms with Crippen LogP contribution in [0.25, 0.3) is 0 Å². The molecule has 0 amide bonds. The van der Waals surface area contributed by atoms with Crippen molar-refractivity contribution in [3.63, 3.8) is 0 Å². The van der Waals surface area contributed by atoms with Crippen LogP contribution in [0.4, 0.5) is 0 Å². The molecule has 0 saturated heterocycles. The maximum Gasteiger partial charge on any atom is 0.190 e. The van der Waals surface area contributed by atoms with Gasteiger partial charge < -0.3 is 4.74 Å². The number of carbonyl (C=O) groups is 1. The van der Waals surface area contributed by atoms with Gasteiger partial charge in [0, 0.05) is 6.42 Å². The number of ether oxygens (including phenoxy) is 1. The van der Waals surface area contributed by atoms with Crippen molar-refractivity contribution in [2.75, 3.05) is 0 Å². The lowest BCUT2D eigenvalue weighted by Gasteiger charge is -2.05. The summed E-state index contributed by atoms with van der Waals surface area (Å²) < 4.78 is 5.63. The lowest BCUT2D eigenvalue weighted by Crippen LogP contribution is -1.93. The van der Waals surface area contributed by atoms with Crippen molar-refractivity contribution in [2.45, 2.75) is 6.42 Å². The van der Waals surface area contributed by atoms with E-state index >= 15 is 0 Å². The van der Waals surface area contributed by atoms with Crippen molar-refractivity contribution >= 4 is 17.7 Å². The highest BCUT2D eigenvalue weighted by Crippen LogP contribution is 2.21. The number of para-hydroxylation sites is 1. The minimum Gasteiger partial charge on any atom is -0.457 e. The van der Waals surface area contributed by atoms with E-state index in [1.807, 2.05) is 54.6 Å². The lowest BCUT2D eigenvalue weighted by molar-refractivity contribution is -0.110. The molecular weight excluding hydrogens is 232 g/mol. The van der Waals surface area contributed by atoms with Gasteiger partial charge in [-0.2, -0.15) is 0 Å². The maximum absolute atomic E-state index is 10.8. The van der Waals surface area contributed by atoms with E-state index < -0.39 is 0 Å². The van der Waals surface area contributed by atoms with Crippen molar-refractivity contribution in [1.82, 2.24) is 0 Å². The molecule has 0 radical (unpaired) electrons. The Kier molecular flexibility index (Phi) is 3.83. The van der Waals surface area contributed by atoms with Crippen LogP contribution >= 0.6 is 12.6 Å². The molecule has 0 N–H and O–H groups in total. The number of hydrogen-bond acceptors (Lipinski definition) is 2. The van der Waals surface area contributed by atoms with Gasteiger partial charge in [0.05, 0.1) is 0 Å². The maximum atomic E-state index is 10.8. The molecule has 86 valence electrons. The molecular formula is C14H12O2S. The fourth-order valence-corrected chi connectivity index (χ4v) is 1.66. The first-order valence-electron chi connectivity index (χ1n) is 5.28. The summed E-state index contributed by atoms with van der Waals surface area (Å²) in [7, 11) is 0. The smallest absolute Gasteiger partial charge is 0.190 e. The molecule has 0 saturated carbocycles. The van der Waals surface area contributed by atoms with E-state index in [4.69, 9.17) is 4.74 Å². The van der Waals surface area contributed by atoms with E-state index in [1.54, 1.807) is 0 Å². The zero-order valence-electron chi connectivity index (χ0n) is 9.17. The molecule has 2 aromatic carbocycles. The molecule has 0 bridgehead atoms. The van der Waals surface area contributed by atoms with Gasteiger partial charge in [-0.15, -0.1) is 12.6 Å². The number of carbonyl (C=O) groups excluding carboxylic acids is 1. The van der Waals surface area contributed by atoms with Gasteiger partial charge >= 0.3 is 0 Å². The molecule has 0 spiro atoms. The summed E-state index contributed by atoms with van der Waals surface area (Å²) in [6.07, 6.45) is 0.342. The summed E-state index contributed by atoms with van der Waals surface area (Å²) >= 11 is 3.75. The van der Waals surface area contributed by atoms with Gasteiger partial charge in [0.1, 0.15) is 11.5 Å². The molecule has 3 heteroatoms. The Hall–Kier alpha value is -1.74. The first-order chi connectivity index (χ1) is 8.24. The summed E-state index contributed by atoms with van der Waals surface area (Å²) in [6, 6.07) is 17.0. The fourth-order valence-electron chi connectivity index (χ4n) is 1.47. The van der Waals surface area contributed by atoms with Gasteiger partial charge in [-0.05, 0) is 29.8 Å². The lowest BCUT2D eigenvalue weighted by atomic mass is 10.1. The van der Waals surface area contributed by atoms with E-state index in [2.05, 4.69) is 12.6 Å². The van der Waals surface area contributed by atoms with Crippen molar-refractivity contribution in [3.05, 3.63) is 60.2 Å². The highest BCUT2D eigenvalue weighted by atomic mass is 32.1. The molecule has 0 atom stereocenters.